The number of nitrogens with zero attached hydrogens (tertiary/aromatic N) is 1. The van der Waals surface area contributed by atoms with Crippen LogP contribution in [0, 0.1) is 11.3 Å². The van der Waals surface area contributed by atoms with Gasteiger partial charge in [-0.15, -0.1) is 0 Å². The van der Waals surface area contributed by atoms with Crippen LogP contribution >= 0.6 is 0 Å². The minimum atomic E-state index is -0.0641. The Labute approximate surface area is 124 Å². The lowest BCUT2D eigenvalue weighted by atomic mass is 10.2. The highest BCUT2D eigenvalue weighted by Gasteiger charge is 2.15. The van der Waals surface area contributed by atoms with Crippen LogP contribution in [-0.2, 0) is 14.3 Å². The van der Waals surface area contributed by atoms with Gasteiger partial charge in [0, 0.05) is 25.3 Å². The van der Waals surface area contributed by atoms with E-state index in [4.69, 9.17) is 14.7 Å². The summed E-state index contributed by atoms with van der Waals surface area (Å²) in [7, 11) is 0. The van der Waals surface area contributed by atoms with E-state index >= 15 is 0 Å². The minimum absolute atomic E-state index is 0.0641. The number of nitriles is 1. The first-order chi connectivity index (χ1) is 10.3. The predicted molar refractivity (Wildman–Crippen MR) is 78.8 cm³/mol. The SMILES string of the molecule is N#Cc1cccc(NC(=O)CCCOCC2CCCO2)c1. The van der Waals surface area contributed by atoms with Gasteiger partial charge in [0.15, 0.2) is 0 Å². The number of carbonyl (C=O) groups excluding carboxylic acids is 1. The van der Waals surface area contributed by atoms with E-state index in [-0.39, 0.29) is 12.0 Å². The number of hydrogen-bond acceptors (Lipinski definition) is 4. The van der Waals surface area contributed by atoms with Crippen LogP contribution in [-0.4, -0.2) is 31.8 Å². The summed E-state index contributed by atoms with van der Waals surface area (Å²) >= 11 is 0. The Morgan fingerprint density at radius 2 is 2.43 bits per heavy atom. The van der Waals surface area contributed by atoms with E-state index in [1.54, 1.807) is 24.3 Å². The van der Waals surface area contributed by atoms with Crippen LogP contribution in [0.1, 0.15) is 31.2 Å². The van der Waals surface area contributed by atoms with E-state index in [0.29, 0.717) is 37.3 Å². The van der Waals surface area contributed by atoms with Gasteiger partial charge in [-0.25, -0.2) is 0 Å². The zero-order chi connectivity index (χ0) is 14.9. The minimum Gasteiger partial charge on any atom is -0.379 e. The van der Waals surface area contributed by atoms with Crippen LogP contribution in [0.25, 0.3) is 0 Å². The quantitative estimate of drug-likeness (QED) is 0.782. The van der Waals surface area contributed by atoms with Gasteiger partial charge in [0.25, 0.3) is 0 Å². The summed E-state index contributed by atoms with van der Waals surface area (Å²) in [4.78, 5) is 11.8. The molecule has 0 aliphatic carbocycles. The van der Waals surface area contributed by atoms with Gasteiger partial charge in [0.1, 0.15) is 0 Å². The highest BCUT2D eigenvalue weighted by molar-refractivity contribution is 5.90. The molecule has 1 heterocycles. The molecule has 1 aliphatic heterocycles. The van der Waals surface area contributed by atoms with Gasteiger partial charge in [-0.1, -0.05) is 6.07 Å². The van der Waals surface area contributed by atoms with Gasteiger partial charge < -0.3 is 14.8 Å². The molecule has 2 rings (SSSR count). The van der Waals surface area contributed by atoms with Crippen molar-refractivity contribution >= 4 is 11.6 Å². The van der Waals surface area contributed by atoms with Crippen molar-refractivity contribution in [3.63, 3.8) is 0 Å². The first kappa shape index (κ1) is 15.5. The zero-order valence-corrected chi connectivity index (χ0v) is 12.0. The Kier molecular flexibility index (Phi) is 6.20. The second-order valence-electron chi connectivity index (χ2n) is 5.05. The smallest absolute Gasteiger partial charge is 0.224 e. The Morgan fingerprint density at radius 3 is 3.19 bits per heavy atom. The van der Waals surface area contributed by atoms with E-state index in [0.717, 1.165) is 19.4 Å². The Hall–Kier alpha value is -1.90. The van der Waals surface area contributed by atoms with E-state index in [1.807, 2.05) is 6.07 Å². The summed E-state index contributed by atoms with van der Waals surface area (Å²) in [6.07, 6.45) is 3.49. The molecule has 1 amide bonds. The fraction of sp³-hybridized carbons (Fsp3) is 0.500. The average Bonchev–Trinajstić information content (AvgIpc) is 3.00. The lowest BCUT2D eigenvalue weighted by Crippen LogP contribution is -2.16. The third-order valence-corrected chi connectivity index (χ3v) is 3.30. The molecule has 0 aromatic heterocycles. The third-order valence-electron chi connectivity index (χ3n) is 3.30. The second-order valence-corrected chi connectivity index (χ2v) is 5.05. The lowest BCUT2D eigenvalue weighted by molar-refractivity contribution is -0.116. The Balaban J connectivity index is 1.59. The van der Waals surface area contributed by atoms with Crippen LogP contribution in [0.4, 0.5) is 5.69 Å². The number of carbonyl (C=O) groups is 1. The van der Waals surface area contributed by atoms with Crippen molar-refractivity contribution in [2.24, 2.45) is 0 Å². The van der Waals surface area contributed by atoms with E-state index < -0.39 is 0 Å². The maximum Gasteiger partial charge on any atom is 0.224 e. The van der Waals surface area contributed by atoms with Crippen molar-refractivity contribution in [3.05, 3.63) is 29.8 Å². The summed E-state index contributed by atoms with van der Waals surface area (Å²) < 4.78 is 11.0. The van der Waals surface area contributed by atoms with Gasteiger partial charge in [-0.3, -0.25) is 4.79 Å². The van der Waals surface area contributed by atoms with Crippen molar-refractivity contribution in [1.29, 1.82) is 5.26 Å². The molecule has 1 aliphatic rings. The zero-order valence-electron chi connectivity index (χ0n) is 12.0. The number of anilines is 1. The first-order valence-electron chi connectivity index (χ1n) is 7.27. The van der Waals surface area contributed by atoms with Gasteiger partial charge in [-0.2, -0.15) is 5.26 Å². The molecule has 5 nitrogen and oxygen atoms in total. The second kappa shape index (κ2) is 8.40. The molecule has 1 aromatic rings. The molecule has 1 unspecified atom stereocenters. The molecule has 21 heavy (non-hydrogen) atoms. The van der Waals surface area contributed by atoms with Crippen molar-refractivity contribution in [1.82, 2.24) is 0 Å². The molecule has 0 bridgehead atoms. The molecule has 0 spiro atoms. The third kappa shape index (κ3) is 5.54. The number of ether oxygens (including phenoxy) is 2. The molecule has 5 heteroatoms. The van der Waals surface area contributed by atoms with Crippen LogP contribution in [0.3, 0.4) is 0 Å². The number of rotatable bonds is 7. The van der Waals surface area contributed by atoms with Crippen molar-refractivity contribution < 1.29 is 14.3 Å². The van der Waals surface area contributed by atoms with Gasteiger partial charge in [-0.05, 0) is 37.5 Å². The number of hydrogen-bond donors (Lipinski definition) is 1. The molecule has 1 N–H and O–H groups in total. The van der Waals surface area contributed by atoms with E-state index in [1.165, 1.54) is 0 Å². The van der Waals surface area contributed by atoms with Crippen LogP contribution in [0.5, 0.6) is 0 Å². The molecule has 1 atom stereocenters. The number of benzene rings is 1. The topological polar surface area (TPSA) is 71.4 Å². The van der Waals surface area contributed by atoms with Crippen LogP contribution in [0.15, 0.2) is 24.3 Å². The van der Waals surface area contributed by atoms with E-state index in [9.17, 15) is 4.79 Å². The molecular weight excluding hydrogens is 268 g/mol. The largest absolute Gasteiger partial charge is 0.379 e. The average molecular weight is 288 g/mol. The van der Waals surface area contributed by atoms with Crippen LogP contribution < -0.4 is 5.32 Å². The molecule has 0 saturated carbocycles. The summed E-state index contributed by atoms with van der Waals surface area (Å²) in [5, 5.41) is 11.6. The highest BCUT2D eigenvalue weighted by Crippen LogP contribution is 2.12. The monoisotopic (exact) mass is 288 g/mol. The Morgan fingerprint density at radius 1 is 1.52 bits per heavy atom. The lowest BCUT2D eigenvalue weighted by Gasteiger charge is -2.10. The summed E-state index contributed by atoms with van der Waals surface area (Å²) in [5.74, 6) is -0.0641. The Bertz CT molecular complexity index is 504. The van der Waals surface area contributed by atoms with Gasteiger partial charge in [0.2, 0.25) is 5.91 Å². The van der Waals surface area contributed by atoms with Gasteiger partial charge >= 0.3 is 0 Å². The van der Waals surface area contributed by atoms with E-state index in [2.05, 4.69) is 5.32 Å². The maximum atomic E-state index is 11.8. The normalized spacial score (nSPS) is 17.4. The molecule has 1 saturated heterocycles. The fourth-order valence-electron chi connectivity index (χ4n) is 2.22. The predicted octanol–water partition coefficient (Wildman–Crippen LogP) is 2.47. The number of nitrogens with one attached hydrogen (secondary N) is 1. The van der Waals surface area contributed by atoms with Gasteiger partial charge in [0.05, 0.1) is 24.3 Å². The summed E-state index contributed by atoms with van der Waals surface area (Å²) in [5.41, 5.74) is 1.19. The molecule has 1 fully saturated rings. The van der Waals surface area contributed by atoms with Crippen LogP contribution in [0.2, 0.25) is 0 Å². The number of amides is 1. The summed E-state index contributed by atoms with van der Waals surface area (Å²) in [6.45, 7) is 2.01. The van der Waals surface area contributed by atoms with Crippen molar-refractivity contribution in [2.45, 2.75) is 31.8 Å². The maximum absolute atomic E-state index is 11.8. The first-order valence-corrected chi connectivity index (χ1v) is 7.27. The fourth-order valence-corrected chi connectivity index (χ4v) is 2.22. The van der Waals surface area contributed by atoms with Crippen molar-refractivity contribution in [2.75, 3.05) is 25.1 Å². The standard InChI is InChI=1S/C16H20N2O3/c17-11-13-4-1-5-14(10-13)18-16(19)7-3-8-20-12-15-6-2-9-21-15/h1,4-5,10,15H,2-3,6-9,12H2,(H,18,19). The molecular formula is C16H20N2O3. The summed E-state index contributed by atoms with van der Waals surface area (Å²) in [6, 6.07) is 8.92. The molecule has 0 radical (unpaired) electrons. The molecule has 112 valence electrons. The van der Waals surface area contributed by atoms with Crippen molar-refractivity contribution in [3.8, 4) is 6.07 Å². The highest BCUT2D eigenvalue weighted by atomic mass is 16.5. The molecule has 1 aromatic carbocycles.